The van der Waals surface area contributed by atoms with Crippen LogP contribution in [0.4, 0.5) is 0 Å². The number of hydroxylamine groups is 1. The minimum Gasteiger partial charge on any atom is -0.497 e. The second-order valence-corrected chi connectivity index (χ2v) is 3.91. The Morgan fingerprint density at radius 1 is 1.12 bits per heavy atom. The summed E-state index contributed by atoms with van der Waals surface area (Å²) in [5.41, 5.74) is 4.23. The molecule has 0 aliphatic heterocycles. The lowest BCUT2D eigenvalue weighted by Crippen LogP contribution is -2.29. The van der Waals surface area contributed by atoms with Crippen molar-refractivity contribution in [3.63, 3.8) is 0 Å². The highest BCUT2D eigenvalue weighted by molar-refractivity contribution is 5.27. The summed E-state index contributed by atoms with van der Waals surface area (Å²) in [6.45, 7) is 3.24. The van der Waals surface area contributed by atoms with E-state index in [0.29, 0.717) is 13.2 Å². The molecule has 1 N–H and O–H groups in total. The predicted molar refractivity (Wildman–Crippen MR) is 67.1 cm³/mol. The van der Waals surface area contributed by atoms with Crippen LogP contribution < -0.4 is 10.2 Å². The van der Waals surface area contributed by atoms with Gasteiger partial charge < -0.3 is 9.47 Å². The Balaban J connectivity index is 2.26. The average molecular weight is 239 g/mol. The molecule has 0 aliphatic carbocycles. The van der Waals surface area contributed by atoms with E-state index in [4.69, 9.17) is 14.3 Å². The minimum atomic E-state index is 0.264. The van der Waals surface area contributed by atoms with E-state index < -0.39 is 0 Å². The quantitative estimate of drug-likeness (QED) is 0.554. The Labute approximate surface area is 103 Å². The fourth-order valence-electron chi connectivity index (χ4n) is 1.48. The number of benzene rings is 1. The van der Waals surface area contributed by atoms with Crippen molar-refractivity contribution in [1.82, 2.24) is 5.48 Å². The average Bonchev–Trinajstić information content (AvgIpc) is 2.36. The van der Waals surface area contributed by atoms with Gasteiger partial charge in [0.15, 0.2) is 0 Å². The molecule has 4 nitrogen and oxygen atoms in total. The first kappa shape index (κ1) is 14.0. The first-order valence-electron chi connectivity index (χ1n) is 5.75. The van der Waals surface area contributed by atoms with Crippen molar-refractivity contribution in [2.75, 3.05) is 27.4 Å². The van der Waals surface area contributed by atoms with E-state index in [1.165, 1.54) is 5.56 Å². The maximum absolute atomic E-state index is 5.25. The molecule has 0 radical (unpaired) electrons. The van der Waals surface area contributed by atoms with Crippen molar-refractivity contribution in [3.05, 3.63) is 29.8 Å². The number of rotatable bonds is 8. The molecule has 17 heavy (non-hydrogen) atoms. The van der Waals surface area contributed by atoms with E-state index in [1.54, 1.807) is 14.2 Å². The molecule has 0 spiro atoms. The van der Waals surface area contributed by atoms with Crippen LogP contribution in [0.25, 0.3) is 0 Å². The summed E-state index contributed by atoms with van der Waals surface area (Å²) in [6.07, 6.45) is 0.914. The molecule has 0 fully saturated rings. The van der Waals surface area contributed by atoms with Gasteiger partial charge in [0, 0.05) is 13.2 Å². The zero-order valence-electron chi connectivity index (χ0n) is 10.7. The van der Waals surface area contributed by atoms with Crippen molar-refractivity contribution in [2.24, 2.45) is 0 Å². The number of hydrogen-bond acceptors (Lipinski definition) is 4. The summed E-state index contributed by atoms with van der Waals surface area (Å²) in [5, 5.41) is 0. The van der Waals surface area contributed by atoms with Gasteiger partial charge in [-0.25, -0.2) is 0 Å². The Bertz CT molecular complexity index is 300. The highest BCUT2D eigenvalue weighted by atomic mass is 16.7. The summed E-state index contributed by atoms with van der Waals surface area (Å²) in [5.74, 6) is 0.880. The molecule has 0 saturated carbocycles. The van der Waals surface area contributed by atoms with Gasteiger partial charge in [-0.05, 0) is 31.0 Å². The highest BCUT2D eigenvalue weighted by Crippen LogP contribution is 2.12. The first-order chi connectivity index (χ1) is 8.26. The van der Waals surface area contributed by atoms with Gasteiger partial charge >= 0.3 is 0 Å². The smallest absolute Gasteiger partial charge is 0.118 e. The Hall–Kier alpha value is -1.10. The topological polar surface area (TPSA) is 39.7 Å². The third-order valence-electron chi connectivity index (χ3n) is 2.37. The Morgan fingerprint density at radius 2 is 1.82 bits per heavy atom. The Morgan fingerprint density at radius 3 is 2.41 bits per heavy atom. The fourth-order valence-corrected chi connectivity index (χ4v) is 1.48. The fraction of sp³-hybridized carbons (Fsp3) is 0.538. The van der Waals surface area contributed by atoms with E-state index in [1.807, 2.05) is 12.1 Å². The normalized spacial score (nSPS) is 12.4. The molecule has 0 saturated heterocycles. The van der Waals surface area contributed by atoms with E-state index in [0.717, 1.165) is 12.2 Å². The predicted octanol–water partition coefficient (Wildman–Crippen LogP) is 1.79. The molecular formula is C13H21NO3. The molecule has 1 unspecified atom stereocenters. The monoisotopic (exact) mass is 239 g/mol. The third kappa shape index (κ3) is 5.68. The van der Waals surface area contributed by atoms with E-state index in [9.17, 15) is 0 Å². The molecule has 4 heteroatoms. The number of hydrogen-bond donors (Lipinski definition) is 1. The van der Waals surface area contributed by atoms with E-state index >= 15 is 0 Å². The molecule has 96 valence electrons. The van der Waals surface area contributed by atoms with Crippen molar-refractivity contribution >= 4 is 0 Å². The lowest BCUT2D eigenvalue weighted by molar-refractivity contribution is -0.00863. The van der Waals surface area contributed by atoms with Gasteiger partial charge in [-0.3, -0.25) is 4.84 Å². The second-order valence-electron chi connectivity index (χ2n) is 3.91. The van der Waals surface area contributed by atoms with Crippen LogP contribution in [0.15, 0.2) is 24.3 Å². The van der Waals surface area contributed by atoms with Crippen LogP contribution in [-0.2, 0) is 16.0 Å². The van der Waals surface area contributed by atoms with Gasteiger partial charge in [0.2, 0.25) is 0 Å². The molecular weight excluding hydrogens is 218 g/mol. The number of nitrogens with one attached hydrogen (secondary N) is 1. The SMILES string of the molecule is COCCONC(C)Cc1ccc(OC)cc1. The van der Waals surface area contributed by atoms with Gasteiger partial charge in [0.1, 0.15) is 5.75 Å². The number of methoxy groups -OCH3 is 2. The van der Waals surface area contributed by atoms with Crippen LogP contribution in [0.1, 0.15) is 12.5 Å². The largest absolute Gasteiger partial charge is 0.497 e. The highest BCUT2D eigenvalue weighted by Gasteiger charge is 2.03. The molecule has 1 aromatic carbocycles. The van der Waals surface area contributed by atoms with Crippen molar-refractivity contribution < 1.29 is 14.3 Å². The summed E-state index contributed by atoms with van der Waals surface area (Å²) >= 11 is 0. The van der Waals surface area contributed by atoms with Gasteiger partial charge in [-0.15, -0.1) is 0 Å². The van der Waals surface area contributed by atoms with Crippen molar-refractivity contribution in [3.8, 4) is 5.75 Å². The van der Waals surface area contributed by atoms with Crippen LogP contribution in [0.5, 0.6) is 5.75 Å². The zero-order chi connectivity index (χ0) is 12.5. The maximum atomic E-state index is 5.25. The van der Waals surface area contributed by atoms with Crippen LogP contribution in [0.2, 0.25) is 0 Å². The summed E-state index contributed by atoms with van der Waals surface area (Å²) in [6, 6.07) is 8.32. The molecule has 0 heterocycles. The van der Waals surface area contributed by atoms with E-state index in [-0.39, 0.29) is 6.04 Å². The van der Waals surface area contributed by atoms with Crippen LogP contribution in [0.3, 0.4) is 0 Å². The number of ether oxygens (including phenoxy) is 2. The molecule has 0 bridgehead atoms. The molecule has 0 aromatic heterocycles. The summed E-state index contributed by atoms with van der Waals surface area (Å²) in [4.78, 5) is 5.25. The second kappa shape index (κ2) is 8.06. The molecule has 1 aromatic rings. The van der Waals surface area contributed by atoms with Crippen LogP contribution in [-0.4, -0.2) is 33.5 Å². The Kier molecular flexibility index (Phi) is 6.62. The molecule has 1 rings (SSSR count). The van der Waals surface area contributed by atoms with Crippen molar-refractivity contribution in [1.29, 1.82) is 0 Å². The van der Waals surface area contributed by atoms with Gasteiger partial charge in [0.25, 0.3) is 0 Å². The van der Waals surface area contributed by atoms with Crippen molar-refractivity contribution in [2.45, 2.75) is 19.4 Å². The molecule has 0 amide bonds. The maximum Gasteiger partial charge on any atom is 0.118 e. The summed E-state index contributed by atoms with van der Waals surface area (Å²) in [7, 11) is 3.33. The third-order valence-corrected chi connectivity index (χ3v) is 2.37. The summed E-state index contributed by atoms with van der Waals surface area (Å²) < 4.78 is 10.0. The lowest BCUT2D eigenvalue weighted by atomic mass is 10.1. The van der Waals surface area contributed by atoms with Crippen LogP contribution in [0, 0.1) is 0 Å². The van der Waals surface area contributed by atoms with Gasteiger partial charge in [0.05, 0.1) is 20.3 Å². The molecule has 0 aliphatic rings. The standard InChI is InChI=1S/C13H21NO3/c1-11(14-17-9-8-15-2)10-12-4-6-13(16-3)7-5-12/h4-7,11,14H,8-10H2,1-3H3. The minimum absolute atomic E-state index is 0.264. The van der Waals surface area contributed by atoms with Gasteiger partial charge in [-0.2, -0.15) is 5.48 Å². The first-order valence-corrected chi connectivity index (χ1v) is 5.75. The lowest BCUT2D eigenvalue weighted by Gasteiger charge is -2.13. The molecule has 1 atom stereocenters. The van der Waals surface area contributed by atoms with Gasteiger partial charge in [-0.1, -0.05) is 12.1 Å². The van der Waals surface area contributed by atoms with E-state index in [2.05, 4.69) is 24.5 Å². The zero-order valence-corrected chi connectivity index (χ0v) is 10.7. The van der Waals surface area contributed by atoms with Crippen LogP contribution >= 0.6 is 0 Å².